The molecule has 1 aromatic rings. The maximum atomic E-state index is 11.0. The van der Waals surface area contributed by atoms with Gasteiger partial charge in [0, 0.05) is 12.1 Å². The molecule has 0 radical (unpaired) electrons. The molecule has 0 spiro atoms. The van der Waals surface area contributed by atoms with Gasteiger partial charge in [0.15, 0.2) is 12.4 Å². The first-order valence-corrected chi connectivity index (χ1v) is 5.00. The van der Waals surface area contributed by atoms with E-state index in [1.165, 1.54) is 20.3 Å². The van der Waals surface area contributed by atoms with Crippen LogP contribution in [0.15, 0.2) is 41.8 Å². The van der Waals surface area contributed by atoms with Crippen molar-refractivity contribution in [2.24, 2.45) is 12.2 Å². The fourth-order valence-electron chi connectivity index (χ4n) is 1.23. The van der Waals surface area contributed by atoms with E-state index < -0.39 is 5.97 Å². The summed E-state index contributed by atoms with van der Waals surface area (Å²) in [6, 6.07) is 3.76. The lowest BCUT2D eigenvalue weighted by Gasteiger charge is -1.98. The van der Waals surface area contributed by atoms with Crippen LogP contribution in [0.5, 0.6) is 0 Å². The summed E-state index contributed by atoms with van der Waals surface area (Å²) in [7, 11) is 4.68. The number of rotatable bonds is 4. The van der Waals surface area contributed by atoms with E-state index in [0.717, 1.165) is 5.56 Å². The van der Waals surface area contributed by atoms with Crippen LogP contribution in [-0.4, -0.2) is 25.9 Å². The first kappa shape index (κ1) is 16.6. The van der Waals surface area contributed by atoms with Crippen molar-refractivity contribution in [3.05, 3.63) is 42.2 Å². The highest BCUT2D eigenvalue weighted by molar-refractivity contribution is 6.10. The van der Waals surface area contributed by atoms with Gasteiger partial charge in [-0.2, -0.15) is 0 Å². The first-order chi connectivity index (χ1) is 8.17. The molecule has 0 unspecified atom stereocenters. The molecular formula is C12H15IN2O3. The Balaban J connectivity index is 0.00000289. The number of ether oxygens (including phenoxy) is 1. The van der Waals surface area contributed by atoms with Crippen LogP contribution in [0.25, 0.3) is 0 Å². The van der Waals surface area contributed by atoms with Crippen molar-refractivity contribution >= 4 is 11.7 Å². The molecule has 0 aliphatic rings. The van der Waals surface area contributed by atoms with Crippen LogP contribution in [0, 0.1) is 0 Å². The van der Waals surface area contributed by atoms with E-state index in [9.17, 15) is 4.79 Å². The normalized spacial score (nSPS) is 10.9. The monoisotopic (exact) mass is 362 g/mol. The van der Waals surface area contributed by atoms with Gasteiger partial charge < -0.3 is 33.6 Å². The fourth-order valence-corrected chi connectivity index (χ4v) is 1.23. The van der Waals surface area contributed by atoms with E-state index in [4.69, 9.17) is 4.84 Å². The third kappa shape index (κ3) is 5.26. The van der Waals surface area contributed by atoms with Crippen LogP contribution >= 0.6 is 0 Å². The molecule has 1 heterocycles. The molecule has 98 valence electrons. The van der Waals surface area contributed by atoms with E-state index in [1.807, 2.05) is 36.1 Å². The van der Waals surface area contributed by atoms with Crippen molar-refractivity contribution in [3.8, 4) is 0 Å². The number of aryl methyl sites for hydroxylation is 1. The average Bonchev–Trinajstić information content (AvgIpc) is 2.34. The van der Waals surface area contributed by atoms with Crippen molar-refractivity contribution in [2.45, 2.75) is 0 Å². The summed E-state index contributed by atoms with van der Waals surface area (Å²) < 4.78 is 6.39. The second kappa shape index (κ2) is 8.62. The molecule has 5 nitrogen and oxygen atoms in total. The van der Waals surface area contributed by atoms with Gasteiger partial charge >= 0.3 is 5.97 Å². The van der Waals surface area contributed by atoms with Crippen LogP contribution in [-0.2, 0) is 21.4 Å². The number of oxime groups is 1. The van der Waals surface area contributed by atoms with Crippen LogP contribution < -0.4 is 28.5 Å². The Morgan fingerprint density at radius 1 is 1.39 bits per heavy atom. The Bertz CT molecular complexity index is 458. The summed E-state index contributed by atoms with van der Waals surface area (Å²) in [6.07, 6.45) is 6.62. The highest BCUT2D eigenvalue weighted by Gasteiger charge is 2.05. The SMILES string of the molecule is CON=C(C=CC(=O)OC)c1ccc[n+](C)c1.[I-]. The molecule has 0 aliphatic carbocycles. The zero-order valence-electron chi connectivity index (χ0n) is 10.5. The Morgan fingerprint density at radius 2 is 2.11 bits per heavy atom. The zero-order valence-corrected chi connectivity index (χ0v) is 12.6. The van der Waals surface area contributed by atoms with E-state index >= 15 is 0 Å². The molecule has 0 amide bonds. The van der Waals surface area contributed by atoms with Crippen molar-refractivity contribution in [1.29, 1.82) is 0 Å². The van der Waals surface area contributed by atoms with Gasteiger partial charge in [0.1, 0.15) is 19.9 Å². The molecule has 0 saturated carbocycles. The second-order valence-corrected chi connectivity index (χ2v) is 3.27. The smallest absolute Gasteiger partial charge is 0.330 e. The van der Waals surface area contributed by atoms with Gasteiger partial charge in [-0.05, 0) is 12.1 Å². The third-order valence-electron chi connectivity index (χ3n) is 2.00. The number of methoxy groups -OCH3 is 1. The lowest BCUT2D eigenvalue weighted by atomic mass is 10.1. The number of hydrogen-bond acceptors (Lipinski definition) is 4. The first-order valence-electron chi connectivity index (χ1n) is 5.00. The van der Waals surface area contributed by atoms with E-state index in [2.05, 4.69) is 9.89 Å². The lowest BCUT2D eigenvalue weighted by Crippen LogP contribution is -3.00. The zero-order chi connectivity index (χ0) is 12.7. The van der Waals surface area contributed by atoms with E-state index in [0.29, 0.717) is 5.71 Å². The molecule has 18 heavy (non-hydrogen) atoms. The fraction of sp³-hybridized carbons (Fsp3) is 0.250. The standard InChI is InChI=1S/C12H15N2O3.HI/c1-14-8-4-5-10(9-14)11(13-17-3)6-7-12(15)16-2;/h4-9H,1-3H3;1H/q+1;/p-1. The molecule has 0 aromatic carbocycles. The molecule has 0 aliphatic heterocycles. The van der Waals surface area contributed by atoms with Gasteiger partial charge in [0.2, 0.25) is 0 Å². The topological polar surface area (TPSA) is 51.8 Å². The summed E-state index contributed by atoms with van der Waals surface area (Å²) in [4.78, 5) is 15.7. The Kier molecular flexibility index (Phi) is 7.93. The third-order valence-corrected chi connectivity index (χ3v) is 2.00. The van der Waals surface area contributed by atoms with Gasteiger partial charge in [-0.3, -0.25) is 0 Å². The predicted molar refractivity (Wildman–Crippen MR) is 62.3 cm³/mol. The molecule has 0 saturated heterocycles. The van der Waals surface area contributed by atoms with Crippen LogP contribution in [0.3, 0.4) is 0 Å². The van der Waals surface area contributed by atoms with Gasteiger partial charge in [0.25, 0.3) is 0 Å². The molecule has 0 bridgehead atoms. The predicted octanol–water partition coefficient (Wildman–Crippen LogP) is -2.41. The van der Waals surface area contributed by atoms with Gasteiger partial charge in [-0.25, -0.2) is 9.36 Å². The molecule has 1 rings (SSSR count). The molecule has 6 heteroatoms. The van der Waals surface area contributed by atoms with Gasteiger partial charge in [0.05, 0.1) is 12.7 Å². The number of carbonyl (C=O) groups is 1. The van der Waals surface area contributed by atoms with E-state index in [1.54, 1.807) is 6.08 Å². The summed E-state index contributed by atoms with van der Waals surface area (Å²) >= 11 is 0. The summed E-state index contributed by atoms with van der Waals surface area (Å²) in [6.45, 7) is 0. The minimum Gasteiger partial charge on any atom is -1.00 e. The highest BCUT2D eigenvalue weighted by Crippen LogP contribution is 2.00. The Labute approximate surface area is 123 Å². The van der Waals surface area contributed by atoms with Crippen molar-refractivity contribution in [2.75, 3.05) is 14.2 Å². The molecule has 0 N–H and O–H groups in total. The molecule has 0 atom stereocenters. The molecular weight excluding hydrogens is 347 g/mol. The number of hydrogen-bond donors (Lipinski definition) is 0. The number of pyridine rings is 1. The summed E-state index contributed by atoms with van der Waals surface area (Å²) in [5.41, 5.74) is 1.39. The molecule has 1 aromatic heterocycles. The maximum absolute atomic E-state index is 11.0. The number of aromatic nitrogens is 1. The number of halogens is 1. The number of nitrogens with zero attached hydrogens (tertiary/aromatic N) is 2. The number of carbonyl (C=O) groups excluding carboxylic acids is 1. The second-order valence-electron chi connectivity index (χ2n) is 3.27. The van der Waals surface area contributed by atoms with Crippen molar-refractivity contribution < 1.29 is 42.9 Å². The largest absolute Gasteiger partial charge is 1.00 e. The van der Waals surface area contributed by atoms with Crippen LogP contribution in [0.1, 0.15) is 5.56 Å². The number of esters is 1. The van der Waals surface area contributed by atoms with Crippen LogP contribution in [0.4, 0.5) is 0 Å². The minimum atomic E-state index is -0.436. The van der Waals surface area contributed by atoms with Gasteiger partial charge in [-0.15, -0.1) is 0 Å². The maximum Gasteiger partial charge on any atom is 0.330 e. The number of allylic oxidation sites excluding steroid dienone is 1. The Morgan fingerprint density at radius 3 is 2.67 bits per heavy atom. The molecule has 0 fully saturated rings. The Hall–Kier alpha value is -1.44. The van der Waals surface area contributed by atoms with Crippen LogP contribution in [0.2, 0.25) is 0 Å². The van der Waals surface area contributed by atoms with E-state index in [-0.39, 0.29) is 24.0 Å². The quantitative estimate of drug-likeness (QED) is 0.150. The van der Waals surface area contributed by atoms with Gasteiger partial charge in [-0.1, -0.05) is 5.16 Å². The minimum absolute atomic E-state index is 0. The average molecular weight is 362 g/mol. The van der Waals surface area contributed by atoms with Crippen molar-refractivity contribution in [3.63, 3.8) is 0 Å². The lowest BCUT2D eigenvalue weighted by molar-refractivity contribution is -0.671. The summed E-state index contributed by atoms with van der Waals surface area (Å²) in [5.74, 6) is -0.436. The summed E-state index contributed by atoms with van der Waals surface area (Å²) in [5, 5.41) is 3.85. The van der Waals surface area contributed by atoms with Crippen molar-refractivity contribution in [1.82, 2.24) is 0 Å². The highest BCUT2D eigenvalue weighted by atomic mass is 127.